The molecule has 0 aromatic carbocycles. The lowest BCUT2D eigenvalue weighted by Crippen LogP contribution is -2.38. The van der Waals surface area contributed by atoms with Crippen molar-refractivity contribution in [3.8, 4) is 0 Å². The van der Waals surface area contributed by atoms with Gasteiger partial charge in [-0.2, -0.15) is 0 Å². The second-order valence-corrected chi connectivity index (χ2v) is 10.4. The molecule has 2 saturated carbocycles. The number of allylic oxidation sites excluding steroid dienone is 1. The summed E-state index contributed by atoms with van der Waals surface area (Å²) in [6.45, 7) is 3.23. The van der Waals surface area contributed by atoms with Crippen molar-refractivity contribution in [2.75, 3.05) is 6.54 Å². The van der Waals surface area contributed by atoms with Gasteiger partial charge >= 0.3 is 0 Å². The van der Waals surface area contributed by atoms with Crippen molar-refractivity contribution < 1.29 is 4.79 Å². The van der Waals surface area contributed by atoms with Gasteiger partial charge in [0.15, 0.2) is 0 Å². The van der Waals surface area contributed by atoms with E-state index in [-0.39, 0.29) is 5.41 Å². The highest BCUT2D eigenvalue weighted by atomic mass is 32.1. The van der Waals surface area contributed by atoms with Gasteiger partial charge < -0.3 is 5.32 Å². The molecule has 3 atom stereocenters. The summed E-state index contributed by atoms with van der Waals surface area (Å²) in [5.41, 5.74) is 1.57. The Bertz CT molecular complexity index is 569. The summed E-state index contributed by atoms with van der Waals surface area (Å²) < 4.78 is 0. The van der Waals surface area contributed by atoms with Crippen LogP contribution in [0.4, 0.5) is 0 Å². The third kappa shape index (κ3) is 6.40. The summed E-state index contributed by atoms with van der Waals surface area (Å²) in [7, 11) is 0. The van der Waals surface area contributed by atoms with Crippen LogP contribution in [0.2, 0.25) is 0 Å². The molecule has 0 aromatic rings. The number of rotatable bonds is 9. The topological polar surface area (TPSA) is 29.1 Å². The Balaban J connectivity index is 1.28. The Kier molecular flexibility index (Phi) is 8.56. The molecule has 0 bridgehead atoms. The van der Waals surface area contributed by atoms with Gasteiger partial charge in [0.2, 0.25) is 0 Å². The van der Waals surface area contributed by atoms with Gasteiger partial charge in [-0.15, -0.1) is 0 Å². The molecule has 3 heteroatoms. The van der Waals surface area contributed by atoms with Crippen LogP contribution in [0, 0.1) is 17.3 Å². The fourth-order valence-corrected chi connectivity index (χ4v) is 6.07. The molecule has 0 radical (unpaired) electrons. The van der Waals surface area contributed by atoms with E-state index in [0.29, 0.717) is 5.78 Å². The van der Waals surface area contributed by atoms with E-state index >= 15 is 0 Å². The Morgan fingerprint density at radius 2 is 1.89 bits per heavy atom. The summed E-state index contributed by atoms with van der Waals surface area (Å²) >= 11 is 5.50. The Morgan fingerprint density at radius 1 is 1.11 bits per heavy atom. The van der Waals surface area contributed by atoms with Crippen LogP contribution in [0.25, 0.3) is 0 Å². The van der Waals surface area contributed by atoms with Crippen LogP contribution in [0.3, 0.4) is 0 Å². The van der Waals surface area contributed by atoms with E-state index in [0.717, 1.165) is 68.3 Å². The lowest BCUT2D eigenvalue weighted by molar-refractivity contribution is -0.132. The van der Waals surface area contributed by atoms with Crippen LogP contribution >= 0.6 is 12.2 Å². The first kappa shape index (κ1) is 22.0. The second kappa shape index (κ2) is 10.9. The largest absolute Gasteiger partial charge is 0.379 e. The minimum Gasteiger partial charge on any atom is -0.379 e. The number of hydrogen-bond donors (Lipinski definition) is 1. The number of fused-ring (bicyclic) bond motifs is 1. The van der Waals surface area contributed by atoms with Crippen molar-refractivity contribution in [1.29, 1.82) is 0 Å². The SMILES string of the molecule is C[C@]1(C(=O)CCCCC(=S)NCCC2=CCCCC2)CCC2CCCCC2C1. The fourth-order valence-electron chi connectivity index (χ4n) is 5.83. The van der Waals surface area contributed by atoms with Crippen molar-refractivity contribution in [1.82, 2.24) is 5.32 Å². The number of carbonyl (C=O) groups is 1. The average molecular weight is 404 g/mol. The lowest BCUT2D eigenvalue weighted by atomic mass is 9.60. The van der Waals surface area contributed by atoms with E-state index in [4.69, 9.17) is 12.2 Å². The van der Waals surface area contributed by atoms with E-state index in [2.05, 4.69) is 18.3 Å². The van der Waals surface area contributed by atoms with Crippen molar-refractivity contribution >= 4 is 23.0 Å². The zero-order valence-electron chi connectivity index (χ0n) is 18.1. The summed E-state index contributed by atoms with van der Waals surface area (Å²) in [5, 5.41) is 3.43. The molecule has 158 valence electrons. The summed E-state index contributed by atoms with van der Waals surface area (Å²) in [4.78, 5) is 13.9. The molecule has 3 aliphatic carbocycles. The zero-order chi connectivity index (χ0) is 19.8. The lowest BCUT2D eigenvalue weighted by Gasteiger charge is -2.44. The molecule has 1 N–H and O–H groups in total. The first-order valence-electron chi connectivity index (χ1n) is 12.0. The fraction of sp³-hybridized carbons (Fsp3) is 0.840. The quantitative estimate of drug-likeness (QED) is 0.257. The average Bonchev–Trinajstić information content (AvgIpc) is 2.71. The van der Waals surface area contributed by atoms with Crippen LogP contribution in [-0.4, -0.2) is 17.3 Å². The highest BCUT2D eigenvalue weighted by molar-refractivity contribution is 7.80. The van der Waals surface area contributed by atoms with Crippen LogP contribution in [-0.2, 0) is 4.79 Å². The highest BCUT2D eigenvalue weighted by Gasteiger charge is 2.42. The molecule has 28 heavy (non-hydrogen) atoms. The van der Waals surface area contributed by atoms with E-state index in [1.165, 1.54) is 57.8 Å². The molecule has 3 rings (SSSR count). The van der Waals surface area contributed by atoms with Gasteiger partial charge in [0, 0.05) is 18.4 Å². The third-order valence-electron chi connectivity index (χ3n) is 7.73. The molecular weight excluding hydrogens is 362 g/mol. The summed E-state index contributed by atoms with van der Waals surface area (Å²) in [5.74, 6) is 2.27. The van der Waals surface area contributed by atoms with Gasteiger partial charge in [-0.25, -0.2) is 0 Å². The molecule has 0 aromatic heterocycles. The number of hydrogen-bond acceptors (Lipinski definition) is 2. The molecule has 0 saturated heterocycles. The van der Waals surface area contributed by atoms with Gasteiger partial charge in [0.1, 0.15) is 5.78 Å². The van der Waals surface area contributed by atoms with E-state index in [1.807, 2.05) is 0 Å². The minimum atomic E-state index is -0.0367. The minimum absolute atomic E-state index is 0.0367. The molecule has 0 spiro atoms. The smallest absolute Gasteiger partial charge is 0.138 e. The maximum atomic E-state index is 12.9. The van der Waals surface area contributed by atoms with Crippen LogP contribution < -0.4 is 5.32 Å². The summed E-state index contributed by atoms with van der Waals surface area (Å²) in [6.07, 6.45) is 21.7. The molecule has 2 unspecified atom stereocenters. The molecule has 0 aliphatic heterocycles. The maximum absolute atomic E-state index is 12.9. The van der Waals surface area contributed by atoms with Gasteiger partial charge in [-0.05, 0) is 82.5 Å². The van der Waals surface area contributed by atoms with Crippen molar-refractivity contribution in [3.05, 3.63) is 11.6 Å². The normalized spacial score (nSPS) is 30.2. The van der Waals surface area contributed by atoms with E-state index in [9.17, 15) is 4.79 Å². The van der Waals surface area contributed by atoms with Crippen LogP contribution in [0.1, 0.15) is 110 Å². The molecule has 2 fully saturated rings. The van der Waals surface area contributed by atoms with Crippen molar-refractivity contribution in [2.45, 2.75) is 110 Å². The van der Waals surface area contributed by atoms with Gasteiger partial charge in [0.25, 0.3) is 0 Å². The Morgan fingerprint density at radius 3 is 2.68 bits per heavy atom. The predicted molar refractivity (Wildman–Crippen MR) is 123 cm³/mol. The van der Waals surface area contributed by atoms with Crippen LogP contribution in [0.15, 0.2) is 11.6 Å². The van der Waals surface area contributed by atoms with Crippen molar-refractivity contribution in [3.63, 3.8) is 0 Å². The summed E-state index contributed by atoms with van der Waals surface area (Å²) in [6, 6.07) is 0. The first-order chi connectivity index (χ1) is 13.6. The number of carbonyl (C=O) groups excluding carboxylic acids is 1. The highest BCUT2D eigenvalue weighted by Crippen LogP contribution is 2.49. The maximum Gasteiger partial charge on any atom is 0.138 e. The predicted octanol–water partition coefficient (Wildman–Crippen LogP) is 6.92. The zero-order valence-corrected chi connectivity index (χ0v) is 18.9. The number of Topliss-reactive ketones (excluding diaryl/α,β-unsaturated/α-hetero) is 1. The third-order valence-corrected chi connectivity index (χ3v) is 8.08. The van der Waals surface area contributed by atoms with Crippen molar-refractivity contribution in [2.24, 2.45) is 17.3 Å². The number of unbranched alkanes of at least 4 members (excludes halogenated alkanes) is 1. The molecule has 0 amide bonds. The van der Waals surface area contributed by atoms with Gasteiger partial charge in [-0.3, -0.25) is 4.79 Å². The number of nitrogens with one attached hydrogen (secondary N) is 1. The molecule has 2 nitrogen and oxygen atoms in total. The monoisotopic (exact) mass is 403 g/mol. The second-order valence-electron chi connectivity index (χ2n) is 9.95. The van der Waals surface area contributed by atoms with E-state index < -0.39 is 0 Å². The van der Waals surface area contributed by atoms with Crippen LogP contribution in [0.5, 0.6) is 0 Å². The number of thiocarbonyl (C=S) groups is 1. The first-order valence-corrected chi connectivity index (χ1v) is 12.5. The molecular formula is C25H41NOS. The molecule has 0 heterocycles. The number of ketones is 1. The van der Waals surface area contributed by atoms with Gasteiger partial charge in [0.05, 0.1) is 4.99 Å². The van der Waals surface area contributed by atoms with E-state index in [1.54, 1.807) is 5.57 Å². The van der Waals surface area contributed by atoms with Gasteiger partial charge in [-0.1, -0.05) is 56.5 Å². The molecule has 3 aliphatic rings. The Hall–Kier alpha value is -0.700. The standard InChI is InChI=1S/C25H41NOS/c1-25(17-15-21-11-5-6-12-22(21)19-25)23(27)13-7-8-14-24(28)26-18-16-20-9-3-2-4-10-20/h9,21-22H,2-8,10-19H2,1H3,(H,26,28)/t21?,22?,25-/m0/s1. The Labute approximate surface area is 178 Å².